The number of anilines is 1. The van der Waals surface area contributed by atoms with Gasteiger partial charge in [0.15, 0.2) is 5.75 Å². The molecule has 7 heteroatoms. The molecule has 0 atom stereocenters. The molecule has 0 aromatic heterocycles. The first-order valence-corrected chi connectivity index (χ1v) is 10.8. The van der Waals surface area contributed by atoms with E-state index in [0.717, 1.165) is 31.4 Å². The summed E-state index contributed by atoms with van der Waals surface area (Å²) in [5, 5.41) is 9.24. The van der Waals surface area contributed by atoms with E-state index in [1.807, 2.05) is 24.3 Å². The van der Waals surface area contributed by atoms with Gasteiger partial charge in [-0.3, -0.25) is 0 Å². The van der Waals surface area contributed by atoms with Gasteiger partial charge < -0.3 is 10.1 Å². The van der Waals surface area contributed by atoms with Crippen molar-refractivity contribution in [2.24, 2.45) is 5.14 Å². The molecule has 0 heterocycles. The lowest BCUT2D eigenvalue weighted by Crippen LogP contribution is -2.15. The van der Waals surface area contributed by atoms with Crippen LogP contribution in [0.5, 0.6) is 11.5 Å². The Bertz CT molecular complexity index is 795. The molecular weight excluding hydrogens is 404 g/mol. The van der Waals surface area contributed by atoms with E-state index in [0.29, 0.717) is 16.8 Å². The van der Waals surface area contributed by atoms with Crippen molar-refractivity contribution in [3.8, 4) is 11.5 Å². The van der Waals surface area contributed by atoms with Gasteiger partial charge in [-0.25, -0.2) is 13.6 Å². The maximum Gasteiger partial charge on any atom is 0.241 e. The van der Waals surface area contributed by atoms with Crippen molar-refractivity contribution in [1.82, 2.24) is 0 Å². The van der Waals surface area contributed by atoms with Gasteiger partial charge in [0.05, 0.1) is 5.69 Å². The molecule has 25 heavy (non-hydrogen) atoms. The molecule has 0 radical (unpaired) electrons. The lowest BCUT2D eigenvalue weighted by molar-refractivity contribution is 0.469. The normalized spacial score (nSPS) is 11.3. The van der Waals surface area contributed by atoms with E-state index in [-0.39, 0.29) is 10.6 Å². The first kappa shape index (κ1) is 19.8. The minimum Gasteiger partial charge on any atom is -0.454 e. The zero-order valence-electron chi connectivity index (χ0n) is 14.2. The largest absolute Gasteiger partial charge is 0.454 e. The van der Waals surface area contributed by atoms with Crippen LogP contribution in [0.25, 0.3) is 0 Å². The van der Waals surface area contributed by atoms with Crippen LogP contribution in [0.3, 0.4) is 0 Å². The van der Waals surface area contributed by atoms with E-state index < -0.39 is 10.0 Å². The monoisotopic (exact) mass is 426 g/mol. The van der Waals surface area contributed by atoms with Crippen molar-refractivity contribution < 1.29 is 13.2 Å². The summed E-state index contributed by atoms with van der Waals surface area (Å²) in [6.07, 6.45) is 3.20. The summed E-state index contributed by atoms with van der Waals surface area (Å²) in [5.74, 6) is 0.783. The van der Waals surface area contributed by atoms with Crippen molar-refractivity contribution in [3.63, 3.8) is 0 Å². The summed E-state index contributed by atoms with van der Waals surface area (Å²) < 4.78 is 30.1. The molecule has 0 fully saturated rings. The fourth-order valence-electron chi connectivity index (χ4n) is 2.39. The molecule has 0 aliphatic carbocycles. The molecule has 136 valence electrons. The van der Waals surface area contributed by atoms with Crippen LogP contribution in [0.2, 0.25) is 0 Å². The van der Waals surface area contributed by atoms with E-state index in [1.54, 1.807) is 18.2 Å². The molecule has 0 aliphatic rings. The zero-order valence-corrected chi connectivity index (χ0v) is 16.6. The third-order valence-electron chi connectivity index (χ3n) is 3.63. The van der Waals surface area contributed by atoms with Crippen molar-refractivity contribution >= 4 is 31.6 Å². The zero-order chi connectivity index (χ0) is 18.3. The van der Waals surface area contributed by atoms with E-state index in [4.69, 9.17) is 9.88 Å². The number of nitrogens with two attached hydrogens (primary N) is 1. The predicted octanol–water partition coefficient (Wildman–Crippen LogP) is 4.62. The van der Waals surface area contributed by atoms with E-state index in [1.165, 1.54) is 0 Å². The van der Waals surface area contributed by atoms with Crippen LogP contribution < -0.4 is 15.2 Å². The van der Waals surface area contributed by atoms with Gasteiger partial charge in [0.2, 0.25) is 10.0 Å². The van der Waals surface area contributed by atoms with E-state index in [9.17, 15) is 8.42 Å². The number of nitrogens with one attached hydrogen (secondary N) is 1. The van der Waals surface area contributed by atoms with Crippen LogP contribution >= 0.6 is 15.9 Å². The van der Waals surface area contributed by atoms with Gasteiger partial charge in [0, 0.05) is 11.9 Å². The standard InChI is InChI=1S/C18H23BrN2O3S/c1-2-3-7-10-21-16-11-14(13-19)12-17(25(20,22)23)18(16)24-15-8-5-4-6-9-15/h4-6,8-9,11-12,21H,2-3,7,10,13H2,1H3,(H2,20,22,23). The second-order valence-electron chi connectivity index (χ2n) is 5.70. The maximum absolute atomic E-state index is 12.1. The van der Waals surface area contributed by atoms with E-state index >= 15 is 0 Å². The number of halogens is 1. The number of alkyl halides is 1. The highest BCUT2D eigenvalue weighted by atomic mass is 79.9. The Morgan fingerprint density at radius 2 is 1.88 bits per heavy atom. The summed E-state index contributed by atoms with van der Waals surface area (Å²) >= 11 is 3.37. The molecule has 0 amide bonds. The number of hydrogen-bond donors (Lipinski definition) is 2. The second-order valence-corrected chi connectivity index (χ2v) is 7.79. The molecule has 2 rings (SSSR count). The summed E-state index contributed by atoms with van der Waals surface area (Å²) in [7, 11) is -3.93. The Hall–Kier alpha value is -1.57. The number of hydrogen-bond acceptors (Lipinski definition) is 4. The summed E-state index contributed by atoms with van der Waals surface area (Å²) in [6, 6.07) is 12.5. The van der Waals surface area contributed by atoms with Gasteiger partial charge in [0.1, 0.15) is 10.6 Å². The van der Waals surface area contributed by atoms with Crippen LogP contribution in [0.15, 0.2) is 47.4 Å². The Labute approximate surface area is 157 Å². The first-order chi connectivity index (χ1) is 12.0. The van der Waals surface area contributed by atoms with Gasteiger partial charge in [-0.1, -0.05) is 53.9 Å². The average molecular weight is 427 g/mol. The highest BCUT2D eigenvalue weighted by Gasteiger charge is 2.21. The molecule has 0 saturated heterocycles. The second kappa shape index (κ2) is 9.22. The summed E-state index contributed by atoms with van der Waals surface area (Å²) in [5.41, 5.74) is 1.43. The maximum atomic E-state index is 12.1. The minimum atomic E-state index is -3.93. The lowest BCUT2D eigenvalue weighted by atomic mass is 10.2. The summed E-state index contributed by atoms with van der Waals surface area (Å²) in [6.45, 7) is 2.86. The third kappa shape index (κ3) is 5.73. The quantitative estimate of drug-likeness (QED) is 0.452. The lowest BCUT2D eigenvalue weighted by Gasteiger charge is -2.17. The van der Waals surface area contributed by atoms with Gasteiger partial charge in [-0.05, 0) is 36.2 Å². The fraction of sp³-hybridized carbons (Fsp3) is 0.333. The molecule has 0 spiro atoms. The van der Waals surface area contributed by atoms with Crippen LogP contribution in [-0.2, 0) is 15.4 Å². The number of unbranched alkanes of at least 4 members (excludes halogenated alkanes) is 2. The van der Waals surface area contributed by atoms with Crippen molar-refractivity contribution in [3.05, 3.63) is 48.0 Å². The number of rotatable bonds is 9. The van der Waals surface area contributed by atoms with Gasteiger partial charge in [0.25, 0.3) is 0 Å². The molecule has 5 nitrogen and oxygen atoms in total. The molecule has 0 aliphatic heterocycles. The SMILES string of the molecule is CCCCCNc1cc(CBr)cc(S(N)(=O)=O)c1Oc1ccccc1. The molecule has 0 unspecified atom stereocenters. The molecule has 3 N–H and O–H groups in total. The van der Waals surface area contributed by atoms with Crippen LogP contribution in [0, 0.1) is 0 Å². The van der Waals surface area contributed by atoms with Crippen molar-refractivity contribution in [1.29, 1.82) is 0 Å². The number of primary sulfonamides is 1. The number of ether oxygens (including phenoxy) is 1. The van der Waals surface area contributed by atoms with Crippen molar-refractivity contribution in [2.45, 2.75) is 36.4 Å². The topological polar surface area (TPSA) is 81.4 Å². The molecular formula is C18H23BrN2O3S. The Balaban J connectivity index is 2.46. The number of sulfonamides is 1. The molecule has 2 aromatic carbocycles. The Kier molecular flexibility index (Phi) is 7.28. The van der Waals surface area contributed by atoms with Crippen LogP contribution in [0.1, 0.15) is 31.7 Å². The van der Waals surface area contributed by atoms with Crippen LogP contribution in [0.4, 0.5) is 5.69 Å². The third-order valence-corrected chi connectivity index (χ3v) is 5.20. The molecule has 0 saturated carbocycles. The first-order valence-electron chi connectivity index (χ1n) is 8.18. The van der Waals surface area contributed by atoms with E-state index in [2.05, 4.69) is 28.2 Å². The Morgan fingerprint density at radius 3 is 2.48 bits per heavy atom. The molecule has 2 aromatic rings. The van der Waals surface area contributed by atoms with Gasteiger partial charge in [-0.2, -0.15) is 0 Å². The highest BCUT2D eigenvalue weighted by Crippen LogP contribution is 2.37. The number of benzene rings is 2. The van der Waals surface area contributed by atoms with Crippen molar-refractivity contribution in [2.75, 3.05) is 11.9 Å². The average Bonchev–Trinajstić information content (AvgIpc) is 2.59. The number of para-hydroxylation sites is 1. The van der Waals surface area contributed by atoms with Gasteiger partial charge in [-0.15, -0.1) is 0 Å². The molecule has 0 bridgehead atoms. The Morgan fingerprint density at radius 1 is 1.16 bits per heavy atom. The summed E-state index contributed by atoms with van der Waals surface area (Å²) in [4.78, 5) is -0.0219. The highest BCUT2D eigenvalue weighted by molar-refractivity contribution is 9.08. The van der Waals surface area contributed by atoms with Gasteiger partial charge >= 0.3 is 0 Å². The predicted molar refractivity (Wildman–Crippen MR) is 105 cm³/mol. The van der Waals surface area contributed by atoms with Crippen LogP contribution in [-0.4, -0.2) is 15.0 Å². The fourth-order valence-corrected chi connectivity index (χ4v) is 3.44. The minimum absolute atomic E-state index is 0.0219. The smallest absolute Gasteiger partial charge is 0.241 e.